The summed E-state index contributed by atoms with van der Waals surface area (Å²) in [6, 6.07) is 16.6. The summed E-state index contributed by atoms with van der Waals surface area (Å²) in [5.41, 5.74) is 3.98. The third-order valence-corrected chi connectivity index (χ3v) is 4.49. The van der Waals surface area contributed by atoms with Crippen LogP contribution in [0.1, 0.15) is 25.1 Å². The number of rotatable bonds is 8. The molecule has 2 N–H and O–H groups in total. The van der Waals surface area contributed by atoms with Crippen LogP contribution in [0.25, 0.3) is 0 Å². The van der Waals surface area contributed by atoms with E-state index in [9.17, 15) is 4.39 Å². The van der Waals surface area contributed by atoms with Gasteiger partial charge >= 0.3 is 0 Å². The van der Waals surface area contributed by atoms with Gasteiger partial charge in [0.05, 0.1) is 0 Å². The molecule has 1 heterocycles. The number of hydrogen-bond acceptors (Lipinski definition) is 5. The van der Waals surface area contributed by atoms with Gasteiger partial charge in [0.2, 0.25) is 5.95 Å². The lowest BCUT2D eigenvalue weighted by molar-refractivity contribution is 0.627. The van der Waals surface area contributed by atoms with Crippen molar-refractivity contribution in [1.82, 2.24) is 9.97 Å². The molecular formula is C22H26FN5. The molecule has 0 aliphatic heterocycles. The number of anilines is 4. The first-order valence-electron chi connectivity index (χ1n) is 9.53. The van der Waals surface area contributed by atoms with E-state index in [1.54, 1.807) is 12.1 Å². The van der Waals surface area contributed by atoms with Crippen LogP contribution >= 0.6 is 0 Å². The number of aromatic nitrogens is 2. The fourth-order valence-electron chi connectivity index (χ4n) is 2.98. The fourth-order valence-corrected chi connectivity index (χ4v) is 2.98. The minimum absolute atomic E-state index is 0.236. The number of aryl methyl sites for hydroxylation is 1. The highest BCUT2D eigenvalue weighted by Gasteiger charge is 2.05. The van der Waals surface area contributed by atoms with Crippen LogP contribution in [0.4, 0.5) is 27.5 Å². The van der Waals surface area contributed by atoms with Crippen molar-refractivity contribution in [3.63, 3.8) is 0 Å². The van der Waals surface area contributed by atoms with Crippen LogP contribution < -0.4 is 15.5 Å². The van der Waals surface area contributed by atoms with Crippen molar-refractivity contribution >= 4 is 23.1 Å². The van der Waals surface area contributed by atoms with Crippen LogP contribution in [-0.4, -0.2) is 23.1 Å². The molecule has 3 rings (SSSR count). The van der Waals surface area contributed by atoms with E-state index >= 15 is 0 Å². The maximum Gasteiger partial charge on any atom is 0.229 e. The summed E-state index contributed by atoms with van der Waals surface area (Å²) < 4.78 is 13.0. The van der Waals surface area contributed by atoms with E-state index in [1.165, 1.54) is 17.8 Å². The average molecular weight is 379 g/mol. The molecule has 0 aliphatic rings. The Kier molecular flexibility index (Phi) is 6.42. The molecule has 0 unspecified atom stereocenters. The minimum atomic E-state index is -0.236. The van der Waals surface area contributed by atoms with E-state index < -0.39 is 0 Å². The third kappa shape index (κ3) is 5.19. The first-order chi connectivity index (χ1) is 13.6. The summed E-state index contributed by atoms with van der Waals surface area (Å²) in [5, 5.41) is 6.53. The molecule has 1 aromatic heterocycles. The highest BCUT2D eigenvalue weighted by atomic mass is 19.1. The van der Waals surface area contributed by atoms with Gasteiger partial charge in [0.1, 0.15) is 11.6 Å². The summed E-state index contributed by atoms with van der Waals surface area (Å²) in [6.07, 6.45) is 0. The van der Waals surface area contributed by atoms with E-state index in [2.05, 4.69) is 51.5 Å². The molecule has 0 saturated heterocycles. The monoisotopic (exact) mass is 379 g/mol. The Hall–Kier alpha value is -3.15. The summed E-state index contributed by atoms with van der Waals surface area (Å²) in [7, 11) is 0. The minimum Gasteiger partial charge on any atom is -0.372 e. The summed E-state index contributed by atoms with van der Waals surface area (Å²) >= 11 is 0. The number of halogens is 1. The largest absolute Gasteiger partial charge is 0.372 e. The van der Waals surface area contributed by atoms with E-state index in [0.29, 0.717) is 12.5 Å². The molecule has 5 nitrogen and oxygen atoms in total. The van der Waals surface area contributed by atoms with Gasteiger partial charge in [0.15, 0.2) is 0 Å². The van der Waals surface area contributed by atoms with Gasteiger partial charge in [-0.15, -0.1) is 0 Å². The van der Waals surface area contributed by atoms with Crippen molar-refractivity contribution in [3.05, 3.63) is 71.7 Å². The molecule has 2 aromatic carbocycles. The number of hydrogen-bond donors (Lipinski definition) is 2. The molecule has 3 aromatic rings. The van der Waals surface area contributed by atoms with Gasteiger partial charge in [-0.25, -0.2) is 9.37 Å². The van der Waals surface area contributed by atoms with E-state index in [1.807, 2.05) is 25.1 Å². The zero-order valence-electron chi connectivity index (χ0n) is 16.5. The van der Waals surface area contributed by atoms with Crippen LogP contribution in [0, 0.1) is 12.7 Å². The van der Waals surface area contributed by atoms with Gasteiger partial charge in [-0.1, -0.05) is 12.1 Å². The summed E-state index contributed by atoms with van der Waals surface area (Å²) in [5.74, 6) is 1.02. The lowest BCUT2D eigenvalue weighted by Gasteiger charge is -2.21. The second kappa shape index (κ2) is 9.17. The zero-order valence-corrected chi connectivity index (χ0v) is 16.5. The summed E-state index contributed by atoms with van der Waals surface area (Å²) in [4.78, 5) is 11.3. The number of nitrogens with zero attached hydrogens (tertiary/aromatic N) is 3. The fraction of sp³-hybridized carbons (Fsp3) is 0.273. The van der Waals surface area contributed by atoms with E-state index in [4.69, 9.17) is 0 Å². The molecular weight excluding hydrogens is 353 g/mol. The molecule has 146 valence electrons. The molecule has 0 bridgehead atoms. The topological polar surface area (TPSA) is 53.1 Å². The SMILES string of the molecule is CCN(CC)c1ccc(Nc2nc(C)cc(NCc3ccc(F)cc3)n2)cc1. The molecule has 0 radical (unpaired) electrons. The standard InChI is InChI=1S/C22H26FN5/c1-4-28(5-2)20-12-10-19(11-13-20)26-22-25-16(3)14-21(27-22)24-15-17-6-8-18(23)9-7-17/h6-14H,4-5,15H2,1-3H3,(H2,24,25,26,27). The normalized spacial score (nSPS) is 10.6. The highest BCUT2D eigenvalue weighted by molar-refractivity contribution is 5.60. The Balaban J connectivity index is 1.68. The Bertz CT molecular complexity index is 890. The summed E-state index contributed by atoms with van der Waals surface area (Å²) in [6.45, 7) is 8.75. The second-order valence-electron chi connectivity index (χ2n) is 6.54. The van der Waals surface area contributed by atoms with E-state index in [0.717, 1.165) is 35.9 Å². The Labute approximate surface area is 165 Å². The average Bonchev–Trinajstić information content (AvgIpc) is 2.69. The van der Waals surface area contributed by atoms with E-state index in [-0.39, 0.29) is 5.82 Å². The van der Waals surface area contributed by atoms with Crippen molar-refractivity contribution < 1.29 is 4.39 Å². The predicted molar refractivity (Wildman–Crippen MR) is 114 cm³/mol. The zero-order chi connectivity index (χ0) is 19.9. The maximum absolute atomic E-state index is 13.0. The first kappa shape index (κ1) is 19.6. The van der Waals surface area contributed by atoms with Crippen molar-refractivity contribution in [2.45, 2.75) is 27.3 Å². The maximum atomic E-state index is 13.0. The molecule has 0 aliphatic carbocycles. The van der Waals surface area contributed by atoms with Gasteiger partial charge in [-0.2, -0.15) is 4.98 Å². The van der Waals surface area contributed by atoms with Crippen molar-refractivity contribution in [2.75, 3.05) is 28.6 Å². The lowest BCUT2D eigenvalue weighted by atomic mass is 10.2. The Morgan fingerprint density at radius 2 is 1.61 bits per heavy atom. The van der Waals surface area contributed by atoms with Gasteiger partial charge in [-0.05, 0) is 62.7 Å². The van der Waals surface area contributed by atoms with Crippen molar-refractivity contribution in [1.29, 1.82) is 0 Å². The van der Waals surface area contributed by atoms with Gasteiger partial charge in [0, 0.05) is 42.8 Å². The van der Waals surface area contributed by atoms with Crippen LogP contribution in [0.15, 0.2) is 54.6 Å². The lowest BCUT2D eigenvalue weighted by Crippen LogP contribution is -2.21. The molecule has 0 amide bonds. The van der Waals surface area contributed by atoms with Gasteiger partial charge in [-0.3, -0.25) is 0 Å². The van der Waals surface area contributed by atoms with Crippen LogP contribution in [0.3, 0.4) is 0 Å². The van der Waals surface area contributed by atoms with Crippen LogP contribution in [0.2, 0.25) is 0 Å². The molecule has 0 saturated carbocycles. The Morgan fingerprint density at radius 3 is 2.25 bits per heavy atom. The first-order valence-corrected chi connectivity index (χ1v) is 9.53. The predicted octanol–water partition coefficient (Wildman–Crippen LogP) is 5.13. The second-order valence-corrected chi connectivity index (χ2v) is 6.54. The van der Waals surface area contributed by atoms with Crippen LogP contribution in [0.5, 0.6) is 0 Å². The third-order valence-electron chi connectivity index (χ3n) is 4.49. The molecule has 0 spiro atoms. The number of benzene rings is 2. The molecule has 6 heteroatoms. The van der Waals surface area contributed by atoms with Crippen molar-refractivity contribution in [3.8, 4) is 0 Å². The highest BCUT2D eigenvalue weighted by Crippen LogP contribution is 2.21. The molecule has 28 heavy (non-hydrogen) atoms. The Morgan fingerprint density at radius 1 is 0.929 bits per heavy atom. The molecule has 0 atom stereocenters. The smallest absolute Gasteiger partial charge is 0.229 e. The quantitative estimate of drug-likeness (QED) is 0.568. The van der Waals surface area contributed by atoms with Gasteiger partial charge < -0.3 is 15.5 Å². The van der Waals surface area contributed by atoms with Crippen LogP contribution in [-0.2, 0) is 6.54 Å². The van der Waals surface area contributed by atoms with Crippen molar-refractivity contribution in [2.24, 2.45) is 0 Å². The molecule has 0 fully saturated rings. The number of nitrogens with one attached hydrogen (secondary N) is 2. The van der Waals surface area contributed by atoms with Gasteiger partial charge in [0.25, 0.3) is 0 Å².